The first-order chi connectivity index (χ1) is 6.11. The molecule has 0 heterocycles. The maximum Gasteiger partial charge on any atom is 0.333 e. The summed E-state index contributed by atoms with van der Waals surface area (Å²) in [6.45, 7) is 6.00. The molecule has 0 saturated heterocycles. The van der Waals surface area contributed by atoms with Crippen molar-refractivity contribution in [2.45, 2.75) is 6.92 Å². The molecule has 0 rings (SSSR count). The minimum Gasteiger partial charge on any atom is -0.461 e. The number of ether oxygens (including phenoxy) is 1. The summed E-state index contributed by atoms with van der Waals surface area (Å²) >= 11 is 0. The Hall–Kier alpha value is -0.910. The van der Waals surface area contributed by atoms with Crippen molar-refractivity contribution in [3.8, 4) is 0 Å². The van der Waals surface area contributed by atoms with Crippen LogP contribution in [-0.2, 0) is 9.53 Å². The fraction of sp³-hybridized carbons (Fsp3) is 0.625. The quantitative estimate of drug-likeness (QED) is 0.339. The molecule has 0 aromatic rings. The average molecular weight is 187 g/mol. The van der Waals surface area contributed by atoms with Crippen molar-refractivity contribution in [3.63, 3.8) is 0 Å². The molecule has 0 atom stereocenters. The molecule has 0 amide bonds. The number of esters is 1. The van der Waals surface area contributed by atoms with Gasteiger partial charge in [0.1, 0.15) is 6.61 Å². The van der Waals surface area contributed by atoms with Crippen LogP contribution >= 0.6 is 0 Å². The van der Waals surface area contributed by atoms with Gasteiger partial charge in [-0.3, -0.25) is 0 Å². The summed E-state index contributed by atoms with van der Waals surface area (Å²) in [7, 11) is 3.55. The van der Waals surface area contributed by atoms with Crippen LogP contribution in [0.15, 0.2) is 12.2 Å². The fourth-order valence-electron chi connectivity index (χ4n) is 0.688. The van der Waals surface area contributed by atoms with Crippen LogP contribution in [0, 0.1) is 0 Å². The molecule has 0 aromatic heterocycles. The Morgan fingerprint density at radius 2 is 2.00 bits per heavy atom. The first-order valence-electron chi connectivity index (χ1n) is 4.06. The number of carbonyl (C=O) groups is 1. The fourth-order valence-corrected chi connectivity index (χ4v) is 0.688. The topological polar surface area (TPSA) is 53.6 Å². The highest BCUT2D eigenvalue weighted by Gasteiger charge is 2.03. The first-order valence-corrected chi connectivity index (χ1v) is 4.06. The van der Waals surface area contributed by atoms with Crippen LogP contribution in [-0.4, -0.2) is 38.3 Å². The Labute approximate surface area is 78.7 Å². The molecule has 5 nitrogen and oxygen atoms in total. The van der Waals surface area contributed by atoms with Crippen LogP contribution < -0.4 is 10.9 Å². The smallest absolute Gasteiger partial charge is 0.333 e. The van der Waals surface area contributed by atoms with Crippen molar-refractivity contribution >= 4 is 5.97 Å². The molecule has 0 aliphatic heterocycles. The van der Waals surface area contributed by atoms with E-state index in [1.54, 1.807) is 26.1 Å². The number of hydrogen-bond donors (Lipinski definition) is 2. The van der Waals surface area contributed by atoms with E-state index in [2.05, 4.69) is 17.4 Å². The van der Waals surface area contributed by atoms with Gasteiger partial charge in [0.15, 0.2) is 0 Å². The number of hydrogen-bond acceptors (Lipinski definition) is 5. The van der Waals surface area contributed by atoms with E-state index in [0.29, 0.717) is 18.7 Å². The summed E-state index contributed by atoms with van der Waals surface area (Å²) in [5, 5.41) is 1.70. The summed E-state index contributed by atoms with van der Waals surface area (Å²) in [6, 6.07) is 0. The second-order valence-corrected chi connectivity index (χ2v) is 2.52. The van der Waals surface area contributed by atoms with Gasteiger partial charge in [-0.15, -0.1) is 0 Å². The van der Waals surface area contributed by atoms with Gasteiger partial charge in [0, 0.05) is 19.7 Å². The third kappa shape index (κ3) is 5.35. The standard InChI is InChI=1S/C8H17N3O2/c1-7(2)8(12)13-6-5-11(9-3)10-4/h9-10H,1,5-6H2,2-4H3. The minimum atomic E-state index is -0.354. The summed E-state index contributed by atoms with van der Waals surface area (Å²) in [5.74, 6) is -0.354. The second kappa shape index (κ2) is 6.59. The highest BCUT2D eigenvalue weighted by Crippen LogP contribution is 1.91. The van der Waals surface area contributed by atoms with Gasteiger partial charge in [0.2, 0.25) is 0 Å². The number of nitrogens with zero attached hydrogens (tertiary/aromatic N) is 1. The van der Waals surface area contributed by atoms with Crippen molar-refractivity contribution in [2.24, 2.45) is 0 Å². The lowest BCUT2D eigenvalue weighted by Crippen LogP contribution is -2.46. The summed E-state index contributed by atoms with van der Waals surface area (Å²) in [6.07, 6.45) is 0. The Balaban J connectivity index is 3.54. The average Bonchev–Trinajstić information content (AvgIpc) is 2.12. The van der Waals surface area contributed by atoms with Crippen molar-refractivity contribution in [2.75, 3.05) is 27.2 Å². The maximum atomic E-state index is 10.9. The van der Waals surface area contributed by atoms with Gasteiger partial charge in [-0.1, -0.05) is 6.58 Å². The molecule has 0 unspecified atom stereocenters. The zero-order chi connectivity index (χ0) is 10.3. The number of nitrogens with one attached hydrogen (secondary N) is 2. The van der Waals surface area contributed by atoms with Crippen LogP contribution in [0.25, 0.3) is 0 Å². The summed E-state index contributed by atoms with van der Waals surface area (Å²) in [5.41, 5.74) is 6.14. The Kier molecular flexibility index (Phi) is 6.13. The van der Waals surface area contributed by atoms with Crippen molar-refractivity contribution < 1.29 is 9.53 Å². The normalized spacial score (nSPS) is 10.2. The van der Waals surface area contributed by atoms with Crippen LogP contribution in [0.2, 0.25) is 0 Å². The molecule has 0 bridgehead atoms. The highest BCUT2D eigenvalue weighted by molar-refractivity contribution is 5.86. The predicted octanol–water partition coefficient (Wildman–Crippen LogP) is -0.323. The van der Waals surface area contributed by atoms with E-state index in [4.69, 9.17) is 4.74 Å². The van der Waals surface area contributed by atoms with E-state index in [-0.39, 0.29) is 5.97 Å². The van der Waals surface area contributed by atoms with E-state index >= 15 is 0 Å². The summed E-state index contributed by atoms with van der Waals surface area (Å²) < 4.78 is 4.88. The largest absolute Gasteiger partial charge is 0.461 e. The first kappa shape index (κ1) is 12.1. The van der Waals surface area contributed by atoms with E-state index in [0.717, 1.165) is 0 Å². The van der Waals surface area contributed by atoms with Crippen LogP contribution in [0.4, 0.5) is 0 Å². The molecule has 0 saturated carbocycles. The molecule has 0 fully saturated rings. The lowest BCUT2D eigenvalue weighted by atomic mass is 10.4. The van der Waals surface area contributed by atoms with Crippen LogP contribution in [0.1, 0.15) is 6.92 Å². The number of carbonyl (C=O) groups excluding carboxylic acids is 1. The van der Waals surface area contributed by atoms with Gasteiger partial charge in [0.05, 0.1) is 6.54 Å². The molecule has 0 aliphatic carbocycles. The third-order valence-electron chi connectivity index (χ3n) is 1.44. The zero-order valence-corrected chi connectivity index (χ0v) is 8.39. The zero-order valence-electron chi connectivity index (χ0n) is 8.39. The lowest BCUT2D eigenvalue weighted by molar-refractivity contribution is -0.139. The third-order valence-corrected chi connectivity index (χ3v) is 1.44. The van der Waals surface area contributed by atoms with Gasteiger partial charge in [-0.25, -0.2) is 15.6 Å². The lowest BCUT2D eigenvalue weighted by Gasteiger charge is -2.18. The molecular formula is C8H17N3O2. The molecule has 0 aromatic carbocycles. The van der Waals surface area contributed by atoms with Crippen molar-refractivity contribution in [1.29, 1.82) is 0 Å². The van der Waals surface area contributed by atoms with Gasteiger partial charge < -0.3 is 4.74 Å². The monoisotopic (exact) mass is 187 g/mol. The SMILES string of the molecule is C=C(C)C(=O)OCCN(NC)NC. The number of rotatable bonds is 6. The van der Waals surface area contributed by atoms with E-state index in [1.165, 1.54) is 0 Å². The Morgan fingerprint density at radius 1 is 1.46 bits per heavy atom. The molecule has 2 N–H and O–H groups in total. The van der Waals surface area contributed by atoms with E-state index in [9.17, 15) is 4.79 Å². The van der Waals surface area contributed by atoms with Gasteiger partial charge in [0.25, 0.3) is 0 Å². The molecule has 5 heteroatoms. The molecule has 76 valence electrons. The Morgan fingerprint density at radius 3 is 2.38 bits per heavy atom. The molecule has 0 aliphatic rings. The van der Waals surface area contributed by atoms with Crippen LogP contribution in [0.5, 0.6) is 0 Å². The van der Waals surface area contributed by atoms with Gasteiger partial charge in [-0.05, 0) is 6.92 Å². The highest BCUT2D eigenvalue weighted by atomic mass is 16.5. The van der Waals surface area contributed by atoms with Gasteiger partial charge >= 0.3 is 5.97 Å². The maximum absolute atomic E-state index is 10.9. The van der Waals surface area contributed by atoms with E-state index < -0.39 is 0 Å². The van der Waals surface area contributed by atoms with E-state index in [1.807, 2.05) is 0 Å². The summed E-state index contributed by atoms with van der Waals surface area (Å²) in [4.78, 5) is 10.9. The predicted molar refractivity (Wildman–Crippen MR) is 50.6 cm³/mol. The second-order valence-electron chi connectivity index (χ2n) is 2.52. The minimum absolute atomic E-state index is 0.327. The van der Waals surface area contributed by atoms with Crippen LogP contribution in [0.3, 0.4) is 0 Å². The molecule has 0 spiro atoms. The van der Waals surface area contributed by atoms with Crippen molar-refractivity contribution in [1.82, 2.24) is 16.0 Å². The van der Waals surface area contributed by atoms with Gasteiger partial charge in [-0.2, -0.15) is 5.12 Å². The number of hydrazine groups is 2. The molecular weight excluding hydrogens is 170 g/mol. The molecule has 0 radical (unpaired) electrons. The molecule has 13 heavy (non-hydrogen) atoms. The Bertz CT molecular complexity index is 178. The van der Waals surface area contributed by atoms with Crippen molar-refractivity contribution in [3.05, 3.63) is 12.2 Å².